The number of hydrogen-bond acceptors (Lipinski definition) is 4. The van der Waals surface area contributed by atoms with E-state index in [1.807, 2.05) is 0 Å². The van der Waals surface area contributed by atoms with Gasteiger partial charge in [0.1, 0.15) is 12.1 Å². The number of carbonyl (C=O) groups excluding carboxylic acids is 3. The van der Waals surface area contributed by atoms with Crippen LogP contribution in [0.25, 0.3) is 0 Å². The van der Waals surface area contributed by atoms with Crippen molar-refractivity contribution in [2.24, 2.45) is 11.5 Å². The molecule has 5 N–H and O–H groups in total. The maximum absolute atomic E-state index is 11.9. The van der Waals surface area contributed by atoms with Crippen LogP contribution in [0.5, 0.6) is 0 Å². The first-order valence-corrected chi connectivity index (χ1v) is 5.50. The predicted octanol–water partition coefficient (Wildman–Crippen LogP) is -2.08. The Balaban J connectivity index is 2.62. The molecule has 1 heterocycles. The summed E-state index contributed by atoms with van der Waals surface area (Å²) in [5.41, 5.74) is 10.5. The SMILES string of the molecule is C[C@H](N)C(=O)NC1CCN([C@@H](C)C(N)=O)C1=O. The lowest BCUT2D eigenvalue weighted by Gasteiger charge is -2.22. The van der Waals surface area contributed by atoms with Crippen LogP contribution in [0, 0.1) is 0 Å². The minimum atomic E-state index is -0.662. The third-order valence-electron chi connectivity index (χ3n) is 2.85. The van der Waals surface area contributed by atoms with Crippen LogP contribution in [0.1, 0.15) is 20.3 Å². The fraction of sp³-hybridized carbons (Fsp3) is 0.700. The molecule has 0 aromatic carbocycles. The number of amides is 3. The number of likely N-dealkylation sites (tertiary alicyclic amines) is 1. The summed E-state index contributed by atoms with van der Waals surface area (Å²) in [5.74, 6) is -1.22. The molecule has 17 heavy (non-hydrogen) atoms. The van der Waals surface area contributed by atoms with Crippen molar-refractivity contribution < 1.29 is 14.4 Å². The third kappa shape index (κ3) is 2.94. The van der Waals surface area contributed by atoms with Gasteiger partial charge in [0.2, 0.25) is 17.7 Å². The summed E-state index contributed by atoms with van der Waals surface area (Å²) < 4.78 is 0. The Morgan fingerprint density at radius 1 is 1.47 bits per heavy atom. The van der Waals surface area contributed by atoms with Crippen molar-refractivity contribution in [3.63, 3.8) is 0 Å². The topological polar surface area (TPSA) is 119 Å². The molecular weight excluding hydrogens is 224 g/mol. The number of hydrogen-bond donors (Lipinski definition) is 3. The Bertz CT molecular complexity index is 342. The first-order chi connectivity index (χ1) is 7.84. The molecule has 1 rings (SSSR count). The summed E-state index contributed by atoms with van der Waals surface area (Å²) in [4.78, 5) is 35.6. The molecular formula is C10H18N4O3. The van der Waals surface area contributed by atoms with Gasteiger partial charge in [-0.15, -0.1) is 0 Å². The van der Waals surface area contributed by atoms with Gasteiger partial charge in [0, 0.05) is 6.54 Å². The first kappa shape index (κ1) is 13.4. The van der Waals surface area contributed by atoms with Gasteiger partial charge < -0.3 is 21.7 Å². The van der Waals surface area contributed by atoms with Crippen LogP contribution < -0.4 is 16.8 Å². The molecule has 0 radical (unpaired) electrons. The predicted molar refractivity (Wildman–Crippen MR) is 60.6 cm³/mol. The van der Waals surface area contributed by atoms with Crippen LogP contribution in [-0.2, 0) is 14.4 Å². The number of primary amides is 1. The van der Waals surface area contributed by atoms with Gasteiger partial charge in [0.25, 0.3) is 0 Å². The van der Waals surface area contributed by atoms with Crippen molar-refractivity contribution in [1.29, 1.82) is 0 Å². The maximum atomic E-state index is 11.9. The minimum absolute atomic E-state index is 0.287. The molecule has 3 amide bonds. The van der Waals surface area contributed by atoms with Crippen LogP contribution in [0.4, 0.5) is 0 Å². The van der Waals surface area contributed by atoms with Crippen LogP contribution >= 0.6 is 0 Å². The summed E-state index contributed by atoms with van der Waals surface area (Å²) >= 11 is 0. The van der Waals surface area contributed by atoms with E-state index >= 15 is 0 Å². The lowest BCUT2D eigenvalue weighted by atomic mass is 10.2. The van der Waals surface area contributed by atoms with Gasteiger partial charge in [0.15, 0.2) is 0 Å². The van der Waals surface area contributed by atoms with Crippen LogP contribution in [0.15, 0.2) is 0 Å². The fourth-order valence-corrected chi connectivity index (χ4v) is 1.68. The average molecular weight is 242 g/mol. The van der Waals surface area contributed by atoms with Gasteiger partial charge >= 0.3 is 0 Å². The molecule has 0 bridgehead atoms. The monoisotopic (exact) mass is 242 g/mol. The highest BCUT2D eigenvalue weighted by molar-refractivity contribution is 5.93. The van der Waals surface area contributed by atoms with Crippen LogP contribution in [0.2, 0.25) is 0 Å². The normalized spacial score (nSPS) is 23.4. The smallest absolute Gasteiger partial charge is 0.245 e. The van der Waals surface area contributed by atoms with Gasteiger partial charge in [0.05, 0.1) is 6.04 Å². The second kappa shape index (κ2) is 5.13. The van der Waals surface area contributed by atoms with Gasteiger partial charge in [-0.2, -0.15) is 0 Å². The highest BCUT2D eigenvalue weighted by atomic mass is 16.2. The molecule has 0 aliphatic carbocycles. The number of nitrogens with zero attached hydrogens (tertiary/aromatic N) is 1. The molecule has 1 unspecified atom stereocenters. The highest BCUT2D eigenvalue weighted by Crippen LogP contribution is 2.14. The second-order valence-electron chi connectivity index (χ2n) is 4.25. The van der Waals surface area contributed by atoms with E-state index in [0.29, 0.717) is 13.0 Å². The lowest BCUT2D eigenvalue weighted by Crippen LogP contribution is -2.50. The largest absolute Gasteiger partial charge is 0.368 e. The van der Waals surface area contributed by atoms with Crippen molar-refractivity contribution in [3.05, 3.63) is 0 Å². The summed E-state index contributed by atoms with van der Waals surface area (Å²) in [6.45, 7) is 3.52. The molecule has 96 valence electrons. The van der Waals surface area contributed by atoms with Gasteiger partial charge in [-0.1, -0.05) is 0 Å². The van der Waals surface area contributed by atoms with E-state index in [4.69, 9.17) is 11.5 Å². The Morgan fingerprint density at radius 3 is 2.53 bits per heavy atom. The molecule has 7 nitrogen and oxygen atoms in total. The van der Waals surface area contributed by atoms with Gasteiger partial charge in [-0.25, -0.2) is 0 Å². The van der Waals surface area contributed by atoms with Crippen molar-refractivity contribution >= 4 is 17.7 Å². The Kier molecular flexibility index (Phi) is 4.06. The molecule has 0 saturated carbocycles. The Morgan fingerprint density at radius 2 is 2.06 bits per heavy atom. The summed E-state index contributed by atoms with van der Waals surface area (Å²) in [5, 5.41) is 2.54. The second-order valence-corrected chi connectivity index (χ2v) is 4.25. The van der Waals surface area contributed by atoms with Crippen LogP contribution in [0.3, 0.4) is 0 Å². The third-order valence-corrected chi connectivity index (χ3v) is 2.85. The summed E-state index contributed by atoms with van der Waals surface area (Å²) in [7, 11) is 0. The van der Waals surface area contributed by atoms with E-state index in [2.05, 4.69) is 5.32 Å². The van der Waals surface area contributed by atoms with Crippen molar-refractivity contribution in [1.82, 2.24) is 10.2 Å². The van der Waals surface area contributed by atoms with Crippen molar-refractivity contribution in [3.8, 4) is 0 Å². The van der Waals surface area contributed by atoms with Crippen LogP contribution in [-0.4, -0.2) is 47.3 Å². The first-order valence-electron chi connectivity index (χ1n) is 5.50. The number of nitrogens with two attached hydrogens (primary N) is 2. The van der Waals surface area contributed by atoms with E-state index < -0.39 is 24.0 Å². The molecule has 1 fully saturated rings. The van der Waals surface area contributed by atoms with E-state index in [-0.39, 0.29) is 11.8 Å². The van der Waals surface area contributed by atoms with E-state index in [0.717, 1.165) is 0 Å². The van der Waals surface area contributed by atoms with Gasteiger partial charge in [-0.3, -0.25) is 14.4 Å². The molecule has 1 saturated heterocycles. The highest BCUT2D eigenvalue weighted by Gasteiger charge is 2.37. The van der Waals surface area contributed by atoms with E-state index in [9.17, 15) is 14.4 Å². The molecule has 0 spiro atoms. The molecule has 0 aromatic heterocycles. The summed E-state index contributed by atoms with van der Waals surface area (Å²) in [6.07, 6.45) is 0.467. The lowest BCUT2D eigenvalue weighted by molar-refractivity contribution is -0.137. The molecule has 0 aromatic rings. The number of rotatable bonds is 4. The zero-order chi connectivity index (χ0) is 13.2. The Labute approximate surface area is 99.5 Å². The fourth-order valence-electron chi connectivity index (χ4n) is 1.68. The van der Waals surface area contributed by atoms with E-state index in [1.54, 1.807) is 13.8 Å². The zero-order valence-electron chi connectivity index (χ0n) is 9.97. The van der Waals surface area contributed by atoms with Gasteiger partial charge in [-0.05, 0) is 20.3 Å². The maximum Gasteiger partial charge on any atom is 0.245 e. The molecule has 3 atom stereocenters. The van der Waals surface area contributed by atoms with E-state index in [1.165, 1.54) is 4.90 Å². The molecule has 1 aliphatic rings. The summed E-state index contributed by atoms with van der Waals surface area (Å²) in [6, 6.07) is -1.92. The minimum Gasteiger partial charge on any atom is -0.368 e. The molecule has 1 aliphatic heterocycles. The average Bonchev–Trinajstić information content (AvgIpc) is 2.59. The number of carbonyl (C=O) groups is 3. The Hall–Kier alpha value is -1.63. The quantitative estimate of drug-likeness (QED) is 0.524. The number of nitrogens with one attached hydrogen (secondary N) is 1. The zero-order valence-corrected chi connectivity index (χ0v) is 9.97. The molecule has 7 heteroatoms. The van der Waals surface area contributed by atoms with Crippen molar-refractivity contribution in [2.75, 3.05) is 6.54 Å². The van der Waals surface area contributed by atoms with Crippen molar-refractivity contribution in [2.45, 2.75) is 38.4 Å². The standard InChI is InChI=1S/C10H18N4O3/c1-5(11)9(16)13-7-3-4-14(10(7)17)6(2)8(12)15/h5-7H,3-4,11H2,1-2H3,(H2,12,15)(H,13,16)/t5-,6-,7?/m0/s1.